The number of nitrogens with two attached hydrogens (primary N) is 1. The Bertz CT molecular complexity index is 777. The third-order valence-electron chi connectivity index (χ3n) is 5.24. The van der Waals surface area contributed by atoms with E-state index in [2.05, 4.69) is 10.3 Å². The molecule has 0 unspecified atom stereocenters. The number of nitrogens with zero attached hydrogens (tertiary/aromatic N) is 4. The van der Waals surface area contributed by atoms with E-state index in [1.807, 2.05) is 53.9 Å². The van der Waals surface area contributed by atoms with Gasteiger partial charge in [-0.15, -0.1) is 5.10 Å². The van der Waals surface area contributed by atoms with Gasteiger partial charge in [0.05, 0.1) is 17.8 Å². The van der Waals surface area contributed by atoms with Crippen LogP contribution in [0.4, 0.5) is 0 Å². The average molecular weight is 355 g/mol. The van der Waals surface area contributed by atoms with Crippen molar-refractivity contribution < 1.29 is 9.53 Å². The first-order valence-electron chi connectivity index (χ1n) is 9.16. The molecule has 2 N–H and O–H groups in total. The maximum Gasteiger partial charge on any atom is 0.263 e. The van der Waals surface area contributed by atoms with Crippen molar-refractivity contribution in [3.8, 4) is 5.75 Å². The summed E-state index contributed by atoms with van der Waals surface area (Å²) in [5.74, 6) is 0.919. The van der Waals surface area contributed by atoms with Gasteiger partial charge in [-0.05, 0) is 38.3 Å². The zero-order valence-corrected chi connectivity index (χ0v) is 15.3. The molecule has 2 aliphatic heterocycles. The second kappa shape index (κ2) is 6.39. The van der Waals surface area contributed by atoms with Crippen LogP contribution in [0.1, 0.15) is 44.0 Å². The van der Waals surface area contributed by atoms with Gasteiger partial charge in [0.1, 0.15) is 11.4 Å². The zero-order valence-electron chi connectivity index (χ0n) is 15.3. The number of carbonyl (C=O) groups is 1. The Morgan fingerprint density at radius 1 is 1.27 bits per heavy atom. The van der Waals surface area contributed by atoms with Crippen molar-refractivity contribution in [1.82, 2.24) is 19.9 Å². The van der Waals surface area contributed by atoms with Crippen LogP contribution in [-0.2, 0) is 16.8 Å². The number of rotatable bonds is 3. The quantitative estimate of drug-likeness (QED) is 0.904. The highest BCUT2D eigenvalue weighted by atomic mass is 16.5. The summed E-state index contributed by atoms with van der Waals surface area (Å²) >= 11 is 0. The van der Waals surface area contributed by atoms with Crippen LogP contribution in [-0.4, -0.2) is 45.0 Å². The number of hydrogen-bond acceptors (Lipinski definition) is 5. The van der Waals surface area contributed by atoms with E-state index in [-0.39, 0.29) is 18.1 Å². The minimum Gasteiger partial charge on any atom is -0.480 e. The number of para-hydroxylation sites is 1. The van der Waals surface area contributed by atoms with Gasteiger partial charge in [-0.2, -0.15) is 0 Å². The number of aromatic nitrogens is 3. The van der Waals surface area contributed by atoms with Crippen LogP contribution in [0.15, 0.2) is 30.5 Å². The molecule has 0 aliphatic carbocycles. The van der Waals surface area contributed by atoms with Gasteiger partial charge >= 0.3 is 0 Å². The van der Waals surface area contributed by atoms with Crippen LogP contribution in [0, 0.1) is 0 Å². The highest BCUT2D eigenvalue weighted by Gasteiger charge is 2.34. The number of benzene rings is 1. The molecule has 2 aromatic rings. The summed E-state index contributed by atoms with van der Waals surface area (Å²) < 4.78 is 7.74. The van der Waals surface area contributed by atoms with E-state index in [1.165, 1.54) is 0 Å². The lowest BCUT2D eigenvalue weighted by Crippen LogP contribution is -2.45. The van der Waals surface area contributed by atoms with E-state index in [0.717, 1.165) is 29.8 Å². The summed E-state index contributed by atoms with van der Waals surface area (Å²) in [6, 6.07) is 8.12. The normalized spacial score (nSPS) is 20.7. The maximum absolute atomic E-state index is 12.8. The Morgan fingerprint density at radius 3 is 2.65 bits per heavy atom. The monoisotopic (exact) mass is 355 g/mol. The fourth-order valence-corrected chi connectivity index (χ4v) is 3.62. The Balaban J connectivity index is 1.35. The summed E-state index contributed by atoms with van der Waals surface area (Å²) in [6.45, 7) is 5.26. The number of hydrogen-bond donors (Lipinski definition) is 1. The summed E-state index contributed by atoms with van der Waals surface area (Å²) in [7, 11) is 0. The van der Waals surface area contributed by atoms with Crippen LogP contribution >= 0.6 is 0 Å². The highest BCUT2D eigenvalue weighted by Crippen LogP contribution is 2.30. The van der Waals surface area contributed by atoms with Gasteiger partial charge in [-0.1, -0.05) is 23.4 Å². The molecule has 0 spiro atoms. The summed E-state index contributed by atoms with van der Waals surface area (Å²) in [5, 5.41) is 8.43. The van der Waals surface area contributed by atoms with E-state index in [9.17, 15) is 4.79 Å². The van der Waals surface area contributed by atoms with Gasteiger partial charge < -0.3 is 15.4 Å². The first-order valence-corrected chi connectivity index (χ1v) is 9.16. The molecule has 26 heavy (non-hydrogen) atoms. The number of ether oxygens (including phenoxy) is 1. The predicted molar refractivity (Wildman–Crippen MR) is 96.6 cm³/mol. The van der Waals surface area contributed by atoms with E-state index in [1.54, 1.807) is 0 Å². The number of carbonyl (C=O) groups excluding carboxylic acids is 1. The molecule has 1 atom stereocenters. The lowest BCUT2D eigenvalue weighted by atomic mass is 10.0. The van der Waals surface area contributed by atoms with E-state index < -0.39 is 5.54 Å². The van der Waals surface area contributed by atoms with Crippen molar-refractivity contribution in [2.45, 2.75) is 50.8 Å². The van der Waals surface area contributed by atoms with Crippen molar-refractivity contribution in [2.24, 2.45) is 5.73 Å². The minimum absolute atomic E-state index is 0.0852. The molecule has 2 aliphatic rings. The first kappa shape index (κ1) is 17.0. The molecule has 1 saturated heterocycles. The molecule has 0 saturated carbocycles. The maximum atomic E-state index is 12.8. The molecule has 0 radical (unpaired) electrons. The van der Waals surface area contributed by atoms with Gasteiger partial charge in [-0.25, -0.2) is 4.68 Å². The van der Waals surface area contributed by atoms with Crippen molar-refractivity contribution in [2.75, 3.05) is 13.1 Å². The molecule has 4 rings (SSSR count). The Hall–Kier alpha value is -2.41. The molecule has 1 aromatic carbocycles. The fourth-order valence-electron chi connectivity index (χ4n) is 3.62. The first-order chi connectivity index (χ1) is 12.4. The molecule has 1 aromatic heterocycles. The Labute approximate surface area is 153 Å². The zero-order chi connectivity index (χ0) is 18.3. The second-order valence-corrected chi connectivity index (χ2v) is 7.78. The molecular weight excluding hydrogens is 330 g/mol. The van der Waals surface area contributed by atoms with Crippen molar-refractivity contribution >= 4 is 5.91 Å². The van der Waals surface area contributed by atoms with E-state index in [4.69, 9.17) is 10.5 Å². The van der Waals surface area contributed by atoms with Gasteiger partial charge in [0.2, 0.25) is 0 Å². The van der Waals surface area contributed by atoms with Crippen LogP contribution in [0.25, 0.3) is 0 Å². The van der Waals surface area contributed by atoms with Gasteiger partial charge in [0.25, 0.3) is 5.91 Å². The molecule has 7 heteroatoms. The van der Waals surface area contributed by atoms with Gasteiger partial charge in [0.15, 0.2) is 6.10 Å². The predicted octanol–water partition coefficient (Wildman–Crippen LogP) is 1.64. The average Bonchev–Trinajstić information content (AvgIpc) is 3.28. The molecule has 1 amide bonds. The molecule has 7 nitrogen and oxygen atoms in total. The standard InChI is InChI=1S/C19H25N5O2/c1-19(2,20)17-12-24(22-21-17)14-7-9-23(10-8-14)18(25)16-11-13-5-3-4-6-15(13)26-16/h3-6,12,14,16H,7-11,20H2,1-2H3/t16-/m0/s1. The largest absolute Gasteiger partial charge is 0.480 e. The lowest BCUT2D eigenvalue weighted by Gasteiger charge is -2.33. The SMILES string of the molecule is CC(C)(N)c1cn(C2CCN(C(=O)[C@@H]3Cc4ccccc4O3)CC2)nn1. The Kier molecular flexibility index (Phi) is 4.19. The number of fused-ring (bicyclic) bond motifs is 1. The highest BCUT2D eigenvalue weighted by molar-refractivity contribution is 5.82. The molecule has 1 fully saturated rings. The third-order valence-corrected chi connectivity index (χ3v) is 5.24. The number of likely N-dealkylation sites (tertiary alicyclic amines) is 1. The molecule has 138 valence electrons. The molecule has 0 bridgehead atoms. The summed E-state index contributed by atoms with van der Waals surface area (Å²) in [6.07, 6.45) is 3.92. The van der Waals surface area contributed by atoms with Crippen LogP contribution in [0.2, 0.25) is 0 Å². The molecule has 3 heterocycles. The van der Waals surface area contributed by atoms with Crippen molar-refractivity contribution in [1.29, 1.82) is 0 Å². The van der Waals surface area contributed by atoms with Crippen LogP contribution < -0.4 is 10.5 Å². The minimum atomic E-state index is -0.496. The summed E-state index contributed by atoms with van der Waals surface area (Å²) in [4.78, 5) is 14.7. The lowest BCUT2D eigenvalue weighted by molar-refractivity contribution is -0.139. The van der Waals surface area contributed by atoms with E-state index >= 15 is 0 Å². The topological polar surface area (TPSA) is 86.3 Å². The van der Waals surface area contributed by atoms with E-state index in [0.29, 0.717) is 19.5 Å². The number of amides is 1. The van der Waals surface area contributed by atoms with Crippen LogP contribution in [0.5, 0.6) is 5.75 Å². The second-order valence-electron chi connectivity index (χ2n) is 7.78. The fraction of sp³-hybridized carbons (Fsp3) is 0.526. The number of piperidine rings is 1. The van der Waals surface area contributed by atoms with Crippen LogP contribution in [0.3, 0.4) is 0 Å². The molecular formula is C19H25N5O2. The Morgan fingerprint density at radius 2 is 2.00 bits per heavy atom. The van der Waals surface area contributed by atoms with Crippen molar-refractivity contribution in [3.63, 3.8) is 0 Å². The summed E-state index contributed by atoms with van der Waals surface area (Å²) in [5.41, 5.74) is 7.49. The van der Waals surface area contributed by atoms with Crippen molar-refractivity contribution in [3.05, 3.63) is 41.7 Å². The van der Waals surface area contributed by atoms with Gasteiger partial charge in [0, 0.05) is 19.5 Å². The van der Waals surface area contributed by atoms with Gasteiger partial charge in [-0.3, -0.25) is 4.79 Å². The third kappa shape index (κ3) is 3.19. The smallest absolute Gasteiger partial charge is 0.263 e.